The zero-order chi connectivity index (χ0) is 24.4. The zero-order valence-corrected chi connectivity index (χ0v) is 20.3. The number of carbonyl (C=O) groups excluding carboxylic acids is 3. The second-order valence-electron chi connectivity index (χ2n) is 9.70. The molecule has 5 rings (SSSR count). The van der Waals surface area contributed by atoms with Gasteiger partial charge in [0.15, 0.2) is 0 Å². The molecule has 0 aromatic heterocycles. The van der Waals surface area contributed by atoms with Crippen molar-refractivity contribution < 1.29 is 14.4 Å². The molecule has 0 radical (unpaired) electrons. The predicted molar refractivity (Wildman–Crippen MR) is 134 cm³/mol. The van der Waals surface area contributed by atoms with Gasteiger partial charge < -0.3 is 20.0 Å². The topological polar surface area (TPSA) is 76.2 Å². The van der Waals surface area contributed by atoms with Gasteiger partial charge in [-0.2, -0.15) is 0 Å². The van der Waals surface area contributed by atoms with Gasteiger partial charge in [0.1, 0.15) is 6.04 Å². The lowest BCUT2D eigenvalue weighted by Gasteiger charge is -2.32. The SMILES string of the molecule is CN1CCN(CCNC(=O)c2ccc(CN3C(=O)[C@@H]4CCCN4C(=O)c4ccccc43)cc2)CC1. The number of piperazine rings is 1. The summed E-state index contributed by atoms with van der Waals surface area (Å²) in [7, 11) is 2.13. The lowest BCUT2D eigenvalue weighted by molar-refractivity contribution is -0.122. The lowest BCUT2D eigenvalue weighted by Crippen LogP contribution is -2.46. The molecule has 2 fully saturated rings. The normalized spacial score (nSPS) is 21.0. The number of hydrogen-bond donors (Lipinski definition) is 1. The zero-order valence-electron chi connectivity index (χ0n) is 20.3. The van der Waals surface area contributed by atoms with E-state index in [1.807, 2.05) is 42.5 Å². The molecule has 3 aliphatic heterocycles. The van der Waals surface area contributed by atoms with Crippen molar-refractivity contribution in [2.24, 2.45) is 0 Å². The predicted octanol–water partition coefficient (Wildman–Crippen LogP) is 1.82. The fraction of sp³-hybridized carbons (Fsp3) is 0.444. The van der Waals surface area contributed by atoms with Crippen molar-refractivity contribution >= 4 is 23.4 Å². The van der Waals surface area contributed by atoms with E-state index >= 15 is 0 Å². The van der Waals surface area contributed by atoms with Crippen LogP contribution in [0, 0.1) is 0 Å². The molecule has 1 N–H and O–H groups in total. The fourth-order valence-corrected chi connectivity index (χ4v) is 5.22. The van der Waals surface area contributed by atoms with Crippen LogP contribution < -0.4 is 10.2 Å². The van der Waals surface area contributed by atoms with E-state index in [9.17, 15) is 14.4 Å². The first-order valence-electron chi connectivity index (χ1n) is 12.5. The van der Waals surface area contributed by atoms with Gasteiger partial charge in [0, 0.05) is 51.4 Å². The number of rotatable bonds is 6. The maximum absolute atomic E-state index is 13.4. The number of nitrogens with zero attached hydrogens (tertiary/aromatic N) is 4. The van der Waals surface area contributed by atoms with Gasteiger partial charge in [-0.05, 0) is 49.7 Å². The van der Waals surface area contributed by atoms with Crippen molar-refractivity contribution in [2.45, 2.75) is 25.4 Å². The van der Waals surface area contributed by atoms with Crippen LogP contribution in [0.15, 0.2) is 48.5 Å². The van der Waals surface area contributed by atoms with E-state index in [1.165, 1.54) is 0 Å². The summed E-state index contributed by atoms with van der Waals surface area (Å²) in [5, 5.41) is 3.01. The van der Waals surface area contributed by atoms with Crippen LogP contribution in [0.4, 0.5) is 5.69 Å². The minimum Gasteiger partial charge on any atom is -0.351 e. The van der Waals surface area contributed by atoms with Gasteiger partial charge in [-0.25, -0.2) is 0 Å². The number of anilines is 1. The van der Waals surface area contributed by atoms with Gasteiger partial charge in [-0.15, -0.1) is 0 Å². The average molecular weight is 476 g/mol. The number of fused-ring (bicyclic) bond motifs is 2. The standard InChI is InChI=1S/C27H33N5O3/c1-29-15-17-30(18-16-29)14-12-28-25(33)21-10-8-20(9-11-21)19-32-23-6-3-2-5-22(23)26(34)31-13-4-7-24(31)27(32)35/h2-3,5-6,8-11,24H,4,7,12-19H2,1H3,(H,28,33)/t24-/m0/s1. The molecule has 2 aromatic carbocycles. The molecule has 0 unspecified atom stereocenters. The molecule has 8 heteroatoms. The van der Waals surface area contributed by atoms with E-state index in [0.717, 1.165) is 44.7 Å². The smallest absolute Gasteiger partial charge is 0.256 e. The fourth-order valence-electron chi connectivity index (χ4n) is 5.22. The van der Waals surface area contributed by atoms with Crippen molar-refractivity contribution in [1.82, 2.24) is 20.0 Å². The number of hydrogen-bond acceptors (Lipinski definition) is 5. The van der Waals surface area contributed by atoms with Crippen LogP contribution in [0.1, 0.15) is 39.1 Å². The molecular formula is C27H33N5O3. The largest absolute Gasteiger partial charge is 0.351 e. The van der Waals surface area contributed by atoms with Gasteiger partial charge in [0.25, 0.3) is 11.8 Å². The summed E-state index contributed by atoms with van der Waals surface area (Å²) < 4.78 is 0. The summed E-state index contributed by atoms with van der Waals surface area (Å²) in [6.07, 6.45) is 1.54. The molecule has 3 aliphatic rings. The Morgan fingerprint density at radius 2 is 1.71 bits per heavy atom. The van der Waals surface area contributed by atoms with Crippen LogP contribution in [0.3, 0.4) is 0 Å². The molecule has 0 bridgehead atoms. The Morgan fingerprint density at radius 1 is 0.971 bits per heavy atom. The highest BCUT2D eigenvalue weighted by atomic mass is 16.2. The number of para-hydroxylation sites is 1. The molecule has 2 saturated heterocycles. The van der Waals surface area contributed by atoms with Crippen molar-refractivity contribution in [3.8, 4) is 0 Å². The Kier molecular flexibility index (Phi) is 6.83. The molecule has 3 heterocycles. The van der Waals surface area contributed by atoms with Crippen LogP contribution in [-0.4, -0.2) is 91.3 Å². The highest BCUT2D eigenvalue weighted by Gasteiger charge is 2.41. The minimum atomic E-state index is -0.403. The Hall–Kier alpha value is -3.23. The molecule has 0 saturated carbocycles. The maximum atomic E-state index is 13.4. The van der Waals surface area contributed by atoms with E-state index in [-0.39, 0.29) is 17.7 Å². The first kappa shape index (κ1) is 23.5. The van der Waals surface area contributed by atoms with E-state index in [4.69, 9.17) is 0 Å². The Labute approximate surface area is 206 Å². The van der Waals surface area contributed by atoms with Crippen molar-refractivity contribution in [2.75, 3.05) is 57.8 Å². The Balaban J connectivity index is 1.24. The molecule has 3 amide bonds. The van der Waals surface area contributed by atoms with Crippen LogP contribution in [-0.2, 0) is 11.3 Å². The minimum absolute atomic E-state index is 0.0356. The van der Waals surface area contributed by atoms with E-state index < -0.39 is 6.04 Å². The van der Waals surface area contributed by atoms with Crippen molar-refractivity contribution in [3.63, 3.8) is 0 Å². The molecule has 35 heavy (non-hydrogen) atoms. The second-order valence-corrected chi connectivity index (χ2v) is 9.70. The van der Waals surface area contributed by atoms with Crippen LogP contribution >= 0.6 is 0 Å². The molecule has 0 aliphatic carbocycles. The molecule has 2 aromatic rings. The number of amides is 3. The third-order valence-corrected chi connectivity index (χ3v) is 7.36. The molecule has 0 spiro atoms. The summed E-state index contributed by atoms with van der Waals surface area (Å²) in [5.41, 5.74) is 2.75. The van der Waals surface area contributed by atoms with Gasteiger partial charge in [-0.1, -0.05) is 24.3 Å². The summed E-state index contributed by atoms with van der Waals surface area (Å²) >= 11 is 0. The Morgan fingerprint density at radius 3 is 2.49 bits per heavy atom. The highest BCUT2D eigenvalue weighted by Crippen LogP contribution is 2.33. The molecule has 8 nitrogen and oxygen atoms in total. The molecular weight excluding hydrogens is 442 g/mol. The number of benzene rings is 2. The van der Waals surface area contributed by atoms with Crippen LogP contribution in [0.2, 0.25) is 0 Å². The van der Waals surface area contributed by atoms with Crippen molar-refractivity contribution in [1.29, 1.82) is 0 Å². The molecule has 1 atom stereocenters. The van der Waals surface area contributed by atoms with Gasteiger partial charge in [0.2, 0.25) is 5.91 Å². The third kappa shape index (κ3) is 4.94. The summed E-state index contributed by atoms with van der Waals surface area (Å²) in [5.74, 6) is -0.192. The van der Waals surface area contributed by atoms with Gasteiger partial charge in [0.05, 0.1) is 17.8 Å². The second kappa shape index (κ2) is 10.2. The Bertz CT molecular complexity index is 1090. The quantitative estimate of drug-likeness (QED) is 0.690. The van der Waals surface area contributed by atoms with Crippen LogP contribution in [0.25, 0.3) is 0 Å². The molecule has 184 valence electrons. The van der Waals surface area contributed by atoms with Crippen molar-refractivity contribution in [3.05, 3.63) is 65.2 Å². The lowest BCUT2D eigenvalue weighted by atomic mass is 10.1. The van der Waals surface area contributed by atoms with Crippen LogP contribution in [0.5, 0.6) is 0 Å². The van der Waals surface area contributed by atoms with E-state index in [0.29, 0.717) is 42.9 Å². The average Bonchev–Trinajstić information content (AvgIpc) is 3.35. The van der Waals surface area contributed by atoms with E-state index in [1.54, 1.807) is 15.9 Å². The van der Waals surface area contributed by atoms with Gasteiger partial charge in [-0.3, -0.25) is 19.3 Å². The third-order valence-electron chi connectivity index (χ3n) is 7.36. The summed E-state index contributed by atoms with van der Waals surface area (Å²) in [6.45, 7) is 6.64. The summed E-state index contributed by atoms with van der Waals surface area (Å²) in [4.78, 5) is 47.3. The number of likely N-dealkylation sites (N-methyl/N-ethyl adjacent to an activating group) is 1. The monoisotopic (exact) mass is 475 g/mol. The summed E-state index contributed by atoms with van der Waals surface area (Å²) in [6, 6.07) is 14.3. The van der Waals surface area contributed by atoms with E-state index in [2.05, 4.69) is 22.2 Å². The first-order valence-corrected chi connectivity index (χ1v) is 12.5. The maximum Gasteiger partial charge on any atom is 0.256 e. The highest BCUT2D eigenvalue weighted by molar-refractivity contribution is 6.11. The van der Waals surface area contributed by atoms with Gasteiger partial charge >= 0.3 is 0 Å². The number of nitrogens with one attached hydrogen (secondary N) is 1. The first-order chi connectivity index (χ1) is 17.0. The number of carbonyl (C=O) groups is 3.